The minimum absolute atomic E-state index is 0.133. The van der Waals surface area contributed by atoms with E-state index in [1.807, 2.05) is 48.5 Å². The second kappa shape index (κ2) is 9.62. The summed E-state index contributed by atoms with van der Waals surface area (Å²) in [4.78, 5) is 0. The van der Waals surface area contributed by atoms with E-state index >= 15 is 0 Å². The van der Waals surface area contributed by atoms with Gasteiger partial charge in [-0.05, 0) is 60.8 Å². The highest BCUT2D eigenvalue weighted by atomic mass is 32.2. The molecule has 0 aromatic heterocycles. The molecular weight excluding hydrogens is 365 g/mol. The highest BCUT2D eigenvalue weighted by molar-refractivity contribution is 7.88. The fraction of sp³-hybridized carbons (Fsp3) is 0.684. The molecule has 1 aromatic carbocycles. The standard InChI is InChI=1S/C13H13F3O3S.3C2H6/c1-8-2-3-11(19-20(17,18)13(14,15)16)10-7-12(4-5-12)6-9(8)10;3*1-2/h2-3H,4-7H2,1H3;3*1-2H3. The molecule has 0 atom stereocenters. The lowest BCUT2D eigenvalue weighted by Gasteiger charge is -2.13. The molecule has 0 heterocycles. The second-order valence-electron chi connectivity index (χ2n) is 5.67. The van der Waals surface area contributed by atoms with Crippen LogP contribution >= 0.6 is 0 Å². The highest BCUT2D eigenvalue weighted by Crippen LogP contribution is 2.57. The summed E-state index contributed by atoms with van der Waals surface area (Å²) in [5, 5.41) is 0. The first kappa shape index (κ1) is 24.8. The zero-order valence-electron chi connectivity index (χ0n) is 16.8. The van der Waals surface area contributed by atoms with Gasteiger partial charge < -0.3 is 4.18 Å². The quantitative estimate of drug-likeness (QED) is 0.443. The van der Waals surface area contributed by atoms with Crippen LogP contribution in [0, 0.1) is 12.3 Å². The van der Waals surface area contributed by atoms with E-state index in [4.69, 9.17) is 0 Å². The van der Waals surface area contributed by atoms with Crippen molar-refractivity contribution in [2.75, 3.05) is 0 Å². The van der Waals surface area contributed by atoms with Crippen molar-refractivity contribution in [3.05, 3.63) is 28.8 Å². The fourth-order valence-corrected chi connectivity index (χ4v) is 3.30. The summed E-state index contributed by atoms with van der Waals surface area (Å²) in [5.41, 5.74) is -2.73. The molecule has 3 rings (SSSR count). The van der Waals surface area contributed by atoms with Crippen molar-refractivity contribution in [2.45, 2.75) is 79.7 Å². The molecule has 2 aliphatic carbocycles. The normalized spacial score (nSPS) is 16.1. The smallest absolute Gasteiger partial charge is 0.376 e. The summed E-state index contributed by atoms with van der Waals surface area (Å²) in [6.07, 6.45) is 3.48. The molecule has 0 saturated heterocycles. The Morgan fingerprint density at radius 3 is 1.81 bits per heavy atom. The van der Waals surface area contributed by atoms with Crippen LogP contribution < -0.4 is 4.18 Å². The van der Waals surface area contributed by atoms with Crippen LogP contribution in [0.4, 0.5) is 13.2 Å². The number of benzene rings is 1. The summed E-state index contributed by atoms with van der Waals surface area (Å²) in [6, 6.07) is 2.93. The Morgan fingerprint density at radius 2 is 1.38 bits per heavy atom. The maximum Gasteiger partial charge on any atom is 0.534 e. The number of alkyl halides is 3. The van der Waals surface area contributed by atoms with Gasteiger partial charge in [0.15, 0.2) is 0 Å². The molecule has 0 bridgehead atoms. The van der Waals surface area contributed by atoms with Gasteiger partial charge >= 0.3 is 15.6 Å². The van der Waals surface area contributed by atoms with Crippen molar-refractivity contribution in [1.82, 2.24) is 0 Å². The van der Waals surface area contributed by atoms with Gasteiger partial charge in [0, 0.05) is 0 Å². The van der Waals surface area contributed by atoms with Gasteiger partial charge in [0.05, 0.1) is 0 Å². The van der Waals surface area contributed by atoms with Crippen molar-refractivity contribution >= 4 is 10.1 Å². The Bertz CT molecular complexity index is 676. The third kappa shape index (κ3) is 5.38. The second-order valence-corrected chi connectivity index (χ2v) is 7.21. The first-order valence-electron chi connectivity index (χ1n) is 9.26. The Kier molecular flexibility index (Phi) is 9.17. The summed E-state index contributed by atoms with van der Waals surface area (Å²) < 4.78 is 63.8. The van der Waals surface area contributed by atoms with Gasteiger partial charge in [-0.3, -0.25) is 0 Å². The third-order valence-electron chi connectivity index (χ3n) is 4.17. The summed E-state index contributed by atoms with van der Waals surface area (Å²) in [7, 11) is -5.60. The van der Waals surface area contributed by atoms with Gasteiger partial charge in [-0.15, -0.1) is 0 Å². The number of rotatable bonds is 2. The first-order chi connectivity index (χ1) is 12.1. The van der Waals surface area contributed by atoms with Crippen LogP contribution in [-0.4, -0.2) is 13.9 Å². The minimum atomic E-state index is -5.60. The maximum atomic E-state index is 12.4. The Hall–Kier alpha value is -1.24. The Morgan fingerprint density at radius 1 is 0.923 bits per heavy atom. The number of halogens is 3. The molecule has 0 unspecified atom stereocenters. The molecule has 152 valence electrons. The zero-order valence-corrected chi connectivity index (χ0v) is 17.6. The Balaban J connectivity index is 0.000000948. The largest absolute Gasteiger partial charge is 0.534 e. The van der Waals surface area contributed by atoms with Gasteiger partial charge in [0.1, 0.15) is 5.75 Å². The van der Waals surface area contributed by atoms with Crippen molar-refractivity contribution in [3.8, 4) is 5.75 Å². The first-order valence-corrected chi connectivity index (χ1v) is 10.7. The SMILES string of the molecule is CC.CC.CC.Cc1ccc(OS(=O)(=O)C(F)(F)F)c2c1CC1(CC1)C2. The van der Waals surface area contributed by atoms with E-state index < -0.39 is 15.6 Å². The molecule has 1 fully saturated rings. The summed E-state index contributed by atoms with van der Waals surface area (Å²) in [6.45, 7) is 13.9. The van der Waals surface area contributed by atoms with E-state index in [1.165, 1.54) is 6.07 Å². The van der Waals surface area contributed by atoms with Crippen LogP contribution in [0.2, 0.25) is 0 Å². The molecule has 0 radical (unpaired) electrons. The van der Waals surface area contributed by atoms with Gasteiger partial charge in [0.25, 0.3) is 0 Å². The molecule has 1 aromatic rings. The molecule has 7 heteroatoms. The third-order valence-corrected chi connectivity index (χ3v) is 5.13. The number of hydrogen-bond donors (Lipinski definition) is 0. The van der Waals surface area contributed by atoms with E-state index in [2.05, 4.69) is 4.18 Å². The van der Waals surface area contributed by atoms with Crippen LogP contribution in [0.3, 0.4) is 0 Å². The van der Waals surface area contributed by atoms with Crippen molar-refractivity contribution in [1.29, 1.82) is 0 Å². The zero-order chi connectivity index (χ0) is 20.8. The fourth-order valence-electron chi connectivity index (χ4n) is 2.81. The lowest BCUT2D eigenvalue weighted by Crippen LogP contribution is -2.28. The van der Waals surface area contributed by atoms with Gasteiger partial charge in [-0.25, -0.2) is 0 Å². The topological polar surface area (TPSA) is 43.4 Å². The van der Waals surface area contributed by atoms with Crippen LogP contribution in [0.1, 0.15) is 71.1 Å². The van der Waals surface area contributed by atoms with Crippen LogP contribution in [0.25, 0.3) is 0 Å². The molecule has 1 spiro atoms. The van der Waals surface area contributed by atoms with E-state index in [-0.39, 0.29) is 11.2 Å². The molecule has 0 aliphatic heterocycles. The maximum absolute atomic E-state index is 12.4. The molecule has 26 heavy (non-hydrogen) atoms. The number of aryl methyl sites for hydroxylation is 1. The Labute approximate surface area is 156 Å². The monoisotopic (exact) mass is 396 g/mol. The van der Waals surface area contributed by atoms with Gasteiger partial charge in [0.2, 0.25) is 0 Å². The molecule has 2 aliphatic rings. The van der Waals surface area contributed by atoms with E-state index in [1.54, 1.807) is 6.07 Å². The molecule has 3 nitrogen and oxygen atoms in total. The lowest BCUT2D eigenvalue weighted by atomic mass is 10.0. The minimum Gasteiger partial charge on any atom is -0.376 e. The van der Waals surface area contributed by atoms with Crippen molar-refractivity contribution in [2.24, 2.45) is 5.41 Å². The highest BCUT2D eigenvalue weighted by Gasteiger charge is 2.51. The van der Waals surface area contributed by atoms with Crippen molar-refractivity contribution < 1.29 is 25.8 Å². The predicted molar refractivity (Wildman–Crippen MR) is 99.9 cm³/mol. The summed E-state index contributed by atoms with van der Waals surface area (Å²) in [5.74, 6) is -0.174. The van der Waals surface area contributed by atoms with Crippen LogP contribution in [0.5, 0.6) is 5.75 Å². The average molecular weight is 397 g/mol. The average Bonchev–Trinajstić information content (AvgIpc) is 3.24. The van der Waals surface area contributed by atoms with E-state index in [0.29, 0.717) is 12.0 Å². The number of hydrogen-bond acceptors (Lipinski definition) is 3. The van der Waals surface area contributed by atoms with Gasteiger partial charge in [-0.1, -0.05) is 47.6 Å². The van der Waals surface area contributed by atoms with Gasteiger partial charge in [-0.2, -0.15) is 21.6 Å². The lowest BCUT2D eigenvalue weighted by molar-refractivity contribution is -0.0500. The molecule has 1 saturated carbocycles. The van der Waals surface area contributed by atoms with Crippen LogP contribution in [0.15, 0.2) is 12.1 Å². The number of fused-ring (bicyclic) bond motifs is 1. The molecule has 0 N–H and O–H groups in total. The molecular formula is C19H31F3O3S. The van der Waals surface area contributed by atoms with E-state index in [9.17, 15) is 21.6 Å². The van der Waals surface area contributed by atoms with E-state index in [0.717, 1.165) is 30.4 Å². The van der Waals surface area contributed by atoms with Crippen LogP contribution in [-0.2, 0) is 23.0 Å². The van der Waals surface area contributed by atoms with Crippen molar-refractivity contribution in [3.63, 3.8) is 0 Å². The predicted octanol–water partition coefficient (Wildman–Crippen LogP) is 6.18. The molecule has 0 amide bonds. The summed E-state index contributed by atoms with van der Waals surface area (Å²) >= 11 is 0.